The SMILES string of the molecule is OCC1(Nc2cc(Nc3cccnc3)n3ncc(Br)c3n2)CCCC1. The number of nitrogens with one attached hydrogen (secondary N) is 2. The molecule has 1 fully saturated rings. The number of hydrogen-bond donors (Lipinski definition) is 3. The summed E-state index contributed by atoms with van der Waals surface area (Å²) in [5.41, 5.74) is 1.29. The van der Waals surface area contributed by atoms with Crippen LogP contribution in [0.5, 0.6) is 0 Å². The monoisotopic (exact) mass is 402 g/mol. The summed E-state index contributed by atoms with van der Waals surface area (Å²) in [6.45, 7) is 0.103. The van der Waals surface area contributed by atoms with Crippen LogP contribution in [0.1, 0.15) is 25.7 Å². The number of pyridine rings is 1. The first-order valence-corrected chi connectivity index (χ1v) is 9.09. The Morgan fingerprint density at radius 1 is 1.28 bits per heavy atom. The van der Waals surface area contributed by atoms with Gasteiger partial charge < -0.3 is 15.7 Å². The van der Waals surface area contributed by atoms with Crippen LogP contribution in [0, 0.1) is 0 Å². The summed E-state index contributed by atoms with van der Waals surface area (Å²) in [5.74, 6) is 1.49. The minimum Gasteiger partial charge on any atom is -0.394 e. The molecule has 3 aromatic heterocycles. The van der Waals surface area contributed by atoms with Crippen LogP contribution in [-0.2, 0) is 0 Å². The molecule has 25 heavy (non-hydrogen) atoms. The Hall–Kier alpha value is -2.19. The molecule has 0 saturated heterocycles. The van der Waals surface area contributed by atoms with Gasteiger partial charge >= 0.3 is 0 Å². The van der Waals surface area contributed by atoms with E-state index in [0.717, 1.165) is 47.5 Å². The maximum Gasteiger partial charge on any atom is 0.173 e. The van der Waals surface area contributed by atoms with Gasteiger partial charge in [-0.25, -0.2) is 4.98 Å². The molecule has 0 bridgehead atoms. The normalized spacial score (nSPS) is 16.2. The highest BCUT2D eigenvalue weighted by molar-refractivity contribution is 9.10. The average Bonchev–Trinajstić information content (AvgIpc) is 3.24. The van der Waals surface area contributed by atoms with E-state index in [1.165, 1.54) is 0 Å². The van der Waals surface area contributed by atoms with E-state index >= 15 is 0 Å². The predicted molar refractivity (Wildman–Crippen MR) is 100 cm³/mol. The van der Waals surface area contributed by atoms with Crippen LogP contribution in [0.3, 0.4) is 0 Å². The van der Waals surface area contributed by atoms with E-state index in [9.17, 15) is 5.11 Å². The Morgan fingerprint density at radius 2 is 2.12 bits per heavy atom. The van der Waals surface area contributed by atoms with Gasteiger partial charge in [-0.1, -0.05) is 12.8 Å². The third-order valence-corrected chi connectivity index (χ3v) is 5.18. The zero-order valence-electron chi connectivity index (χ0n) is 13.6. The summed E-state index contributed by atoms with van der Waals surface area (Å²) in [6, 6.07) is 5.73. The molecule has 0 spiro atoms. The molecular weight excluding hydrogens is 384 g/mol. The average molecular weight is 403 g/mol. The minimum atomic E-state index is -0.288. The number of fused-ring (bicyclic) bond motifs is 1. The van der Waals surface area contributed by atoms with Gasteiger partial charge in [-0.15, -0.1) is 0 Å². The minimum absolute atomic E-state index is 0.103. The molecule has 0 amide bonds. The van der Waals surface area contributed by atoms with Crippen LogP contribution >= 0.6 is 15.9 Å². The molecule has 1 aliphatic carbocycles. The molecule has 7 nitrogen and oxygen atoms in total. The van der Waals surface area contributed by atoms with Crippen molar-refractivity contribution in [2.24, 2.45) is 0 Å². The molecule has 130 valence electrons. The van der Waals surface area contributed by atoms with Crippen molar-refractivity contribution in [3.63, 3.8) is 0 Å². The Morgan fingerprint density at radius 3 is 2.84 bits per heavy atom. The summed E-state index contributed by atoms with van der Waals surface area (Å²) in [5, 5.41) is 21.0. The number of hydrogen-bond acceptors (Lipinski definition) is 6. The van der Waals surface area contributed by atoms with E-state index in [4.69, 9.17) is 0 Å². The lowest BCUT2D eigenvalue weighted by atomic mass is 9.99. The lowest BCUT2D eigenvalue weighted by Crippen LogP contribution is -2.39. The highest BCUT2D eigenvalue weighted by Gasteiger charge is 2.33. The number of aromatic nitrogens is 4. The van der Waals surface area contributed by atoms with Crippen LogP contribution in [-0.4, -0.2) is 36.8 Å². The summed E-state index contributed by atoms with van der Waals surface area (Å²) in [6.07, 6.45) is 9.34. The highest BCUT2D eigenvalue weighted by Crippen LogP contribution is 2.33. The molecule has 1 saturated carbocycles. The zero-order valence-corrected chi connectivity index (χ0v) is 15.2. The van der Waals surface area contributed by atoms with Gasteiger partial charge in [0.05, 0.1) is 34.7 Å². The molecule has 0 atom stereocenters. The van der Waals surface area contributed by atoms with Crippen molar-refractivity contribution in [1.82, 2.24) is 19.6 Å². The van der Waals surface area contributed by atoms with E-state index < -0.39 is 0 Å². The Labute approximate surface area is 153 Å². The van der Waals surface area contributed by atoms with Crippen molar-refractivity contribution in [3.8, 4) is 0 Å². The smallest absolute Gasteiger partial charge is 0.173 e. The van der Waals surface area contributed by atoms with E-state index in [0.29, 0.717) is 5.65 Å². The molecule has 8 heteroatoms. The van der Waals surface area contributed by atoms with Gasteiger partial charge in [0.25, 0.3) is 0 Å². The van der Waals surface area contributed by atoms with Crippen LogP contribution in [0.2, 0.25) is 0 Å². The topological polar surface area (TPSA) is 87.4 Å². The molecule has 1 aliphatic rings. The summed E-state index contributed by atoms with van der Waals surface area (Å²) < 4.78 is 2.55. The first kappa shape index (κ1) is 16.3. The lowest BCUT2D eigenvalue weighted by molar-refractivity contribution is 0.214. The van der Waals surface area contributed by atoms with Crippen molar-refractivity contribution in [2.45, 2.75) is 31.2 Å². The van der Waals surface area contributed by atoms with Gasteiger partial charge in [0.1, 0.15) is 11.6 Å². The van der Waals surface area contributed by atoms with Gasteiger partial charge in [0.15, 0.2) is 5.65 Å². The van der Waals surface area contributed by atoms with Gasteiger partial charge in [-0.3, -0.25) is 4.98 Å². The summed E-state index contributed by atoms with van der Waals surface area (Å²) in [4.78, 5) is 8.80. The second kappa shape index (κ2) is 6.61. The third-order valence-electron chi connectivity index (χ3n) is 4.62. The third kappa shape index (κ3) is 3.19. The fourth-order valence-electron chi connectivity index (χ4n) is 3.32. The van der Waals surface area contributed by atoms with Gasteiger partial charge in [-0.2, -0.15) is 9.61 Å². The summed E-state index contributed by atoms with van der Waals surface area (Å²) in [7, 11) is 0. The fraction of sp³-hybridized carbons (Fsp3) is 0.353. The van der Waals surface area contributed by atoms with E-state index in [1.807, 2.05) is 18.2 Å². The lowest BCUT2D eigenvalue weighted by Gasteiger charge is -2.28. The Kier molecular flexibility index (Phi) is 4.30. The number of halogens is 1. The molecule has 4 rings (SSSR count). The molecule has 3 N–H and O–H groups in total. The predicted octanol–water partition coefficient (Wildman–Crippen LogP) is 3.35. The van der Waals surface area contributed by atoms with Crippen LogP contribution in [0.15, 0.2) is 41.3 Å². The molecular formula is C17H19BrN6O. The number of aliphatic hydroxyl groups excluding tert-OH is 1. The largest absolute Gasteiger partial charge is 0.394 e. The molecule has 0 radical (unpaired) electrons. The van der Waals surface area contributed by atoms with E-state index in [2.05, 4.69) is 41.6 Å². The molecule has 0 aromatic carbocycles. The van der Waals surface area contributed by atoms with E-state index in [-0.39, 0.29) is 12.1 Å². The second-order valence-corrected chi connectivity index (χ2v) is 7.25. The number of nitrogens with zero attached hydrogens (tertiary/aromatic N) is 4. The first-order valence-electron chi connectivity index (χ1n) is 8.29. The van der Waals surface area contributed by atoms with Gasteiger partial charge in [0, 0.05) is 12.3 Å². The second-order valence-electron chi connectivity index (χ2n) is 6.39. The summed E-state index contributed by atoms with van der Waals surface area (Å²) >= 11 is 3.50. The standard InChI is InChI=1S/C17H19BrN6O/c18-13-10-20-24-15(21-12-4-3-7-19-9-12)8-14(22-16(13)24)23-17(11-25)5-1-2-6-17/h3-4,7-10,21,25H,1-2,5-6,11H2,(H,22,23). The van der Waals surface area contributed by atoms with Crippen molar-refractivity contribution in [3.05, 3.63) is 41.3 Å². The zero-order chi connectivity index (χ0) is 17.3. The maximum atomic E-state index is 9.87. The van der Waals surface area contributed by atoms with Crippen LogP contribution in [0.4, 0.5) is 17.3 Å². The van der Waals surface area contributed by atoms with Crippen molar-refractivity contribution in [1.29, 1.82) is 0 Å². The number of anilines is 3. The molecule has 0 unspecified atom stereocenters. The molecule has 3 aromatic rings. The van der Waals surface area contributed by atoms with E-state index in [1.54, 1.807) is 23.1 Å². The highest BCUT2D eigenvalue weighted by atomic mass is 79.9. The number of rotatable bonds is 5. The molecule has 3 heterocycles. The maximum absolute atomic E-state index is 9.87. The Bertz CT molecular complexity index is 875. The fourth-order valence-corrected chi connectivity index (χ4v) is 3.67. The quantitative estimate of drug-likeness (QED) is 0.606. The van der Waals surface area contributed by atoms with Crippen molar-refractivity contribution in [2.75, 3.05) is 17.2 Å². The number of aliphatic hydroxyl groups is 1. The first-order chi connectivity index (χ1) is 12.2. The van der Waals surface area contributed by atoms with Gasteiger partial charge in [0.2, 0.25) is 0 Å². The van der Waals surface area contributed by atoms with Crippen LogP contribution in [0.25, 0.3) is 5.65 Å². The van der Waals surface area contributed by atoms with Crippen molar-refractivity contribution >= 4 is 38.9 Å². The Balaban J connectivity index is 1.74. The van der Waals surface area contributed by atoms with Crippen LogP contribution < -0.4 is 10.6 Å². The van der Waals surface area contributed by atoms with Gasteiger partial charge in [-0.05, 0) is 40.9 Å². The molecule has 0 aliphatic heterocycles. The van der Waals surface area contributed by atoms with Crippen molar-refractivity contribution < 1.29 is 5.11 Å².